The average molecular weight is 409 g/mol. The van der Waals surface area contributed by atoms with Crippen molar-refractivity contribution in [2.75, 3.05) is 20.1 Å². The number of rotatable bonds is 4. The average Bonchev–Trinajstić information content (AvgIpc) is 3.10. The highest BCUT2D eigenvalue weighted by Gasteiger charge is 2.19. The van der Waals surface area contributed by atoms with Gasteiger partial charge in [0.2, 0.25) is 0 Å². The maximum Gasteiger partial charge on any atom is 0.0485 e. The SMILES string of the molecule is CN1CCc2ccccc2Cc2c(c3ccccc3n2CCCc2ccccc2)CC1. The van der Waals surface area contributed by atoms with Gasteiger partial charge in [0, 0.05) is 42.7 Å². The Morgan fingerprint density at radius 1 is 0.742 bits per heavy atom. The highest BCUT2D eigenvalue weighted by atomic mass is 15.1. The molecule has 1 aliphatic heterocycles. The molecule has 158 valence electrons. The summed E-state index contributed by atoms with van der Waals surface area (Å²) in [6.45, 7) is 3.32. The molecule has 5 rings (SSSR count). The largest absolute Gasteiger partial charge is 0.344 e. The summed E-state index contributed by atoms with van der Waals surface area (Å²) >= 11 is 0. The van der Waals surface area contributed by atoms with Gasteiger partial charge in [-0.05, 0) is 61.1 Å². The number of benzene rings is 3. The summed E-state index contributed by atoms with van der Waals surface area (Å²) in [4.78, 5) is 2.49. The smallest absolute Gasteiger partial charge is 0.0485 e. The molecule has 3 aromatic carbocycles. The van der Waals surface area contributed by atoms with Crippen molar-refractivity contribution in [1.82, 2.24) is 9.47 Å². The van der Waals surface area contributed by atoms with E-state index < -0.39 is 0 Å². The maximum absolute atomic E-state index is 2.63. The van der Waals surface area contributed by atoms with Gasteiger partial charge in [0.15, 0.2) is 0 Å². The predicted molar refractivity (Wildman–Crippen MR) is 131 cm³/mol. The molecule has 0 amide bonds. The zero-order valence-corrected chi connectivity index (χ0v) is 18.6. The lowest BCUT2D eigenvalue weighted by Crippen LogP contribution is -2.25. The molecule has 2 heteroatoms. The molecule has 31 heavy (non-hydrogen) atoms. The Morgan fingerprint density at radius 2 is 1.45 bits per heavy atom. The Hall–Kier alpha value is -2.84. The summed E-state index contributed by atoms with van der Waals surface area (Å²) in [5.41, 5.74) is 8.91. The van der Waals surface area contributed by atoms with Crippen molar-refractivity contribution in [2.24, 2.45) is 0 Å². The molecule has 0 N–H and O–H groups in total. The lowest BCUT2D eigenvalue weighted by molar-refractivity contribution is 0.341. The molecule has 0 atom stereocenters. The van der Waals surface area contributed by atoms with Gasteiger partial charge in [-0.3, -0.25) is 0 Å². The minimum absolute atomic E-state index is 1.04. The Labute approximate surface area is 186 Å². The summed E-state index contributed by atoms with van der Waals surface area (Å²) in [6, 6.07) is 29.0. The Kier molecular flexibility index (Phi) is 5.90. The summed E-state index contributed by atoms with van der Waals surface area (Å²) in [5, 5.41) is 1.45. The molecule has 4 aromatic rings. The van der Waals surface area contributed by atoms with E-state index >= 15 is 0 Å². The predicted octanol–water partition coefficient (Wildman–Crippen LogP) is 5.90. The van der Waals surface area contributed by atoms with Crippen molar-refractivity contribution in [3.8, 4) is 0 Å². The number of fused-ring (bicyclic) bond motifs is 4. The van der Waals surface area contributed by atoms with Gasteiger partial charge in [0.1, 0.15) is 0 Å². The van der Waals surface area contributed by atoms with Crippen LogP contribution in [0.25, 0.3) is 10.9 Å². The van der Waals surface area contributed by atoms with Crippen molar-refractivity contribution < 1.29 is 0 Å². The van der Waals surface area contributed by atoms with Crippen LogP contribution in [0.5, 0.6) is 0 Å². The molecule has 0 radical (unpaired) electrons. The summed E-state index contributed by atoms with van der Waals surface area (Å²) in [5.74, 6) is 0. The van der Waals surface area contributed by atoms with Crippen LogP contribution in [-0.4, -0.2) is 29.6 Å². The number of hydrogen-bond donors (Lipinski definition) is 0. The minimum atomic E-state index is 1.04. The van der Waals surface area contributed by atoms with Gasteiger partial charge in [-0.2, -0.15) is 0 Å². The van der Waals surface area contributed by atoms with Crippen molar-refractivity contribution in [3.05, 3.63) is 107 Å². The van der Waals surface area contributed by atoms with Crippen LogP contribution in [0.2, 0.25) is 0 Å². The zero-order valence-electron chi connectivity index (χ0n) is 18.6. The van der Waals surface area contributed by atoms with E-state index in [0.29, 0.717) is 0 Å². The third-order valence-corrected chi connectivity index (χ3v) is 6.87. The molecule has 1 aromatic heterocycles. The highest BCUT2D eigenvalue weighted by molar-refractivity contribution is 5.86. The molecule has 0 fully saturated rings. The van der Waals surface area contributed by atoms with E-state index in [0.717, 1.165) is 51.7 Å². The number of hydrogen-bond acceptors (Lipinski definition) is 1. The molecule has 1 aliphatic rings. The fourth-order valence-electron chi connectivity index (χ4n) is 5.13. The van der Waals surface area contributed by atoms with Gasteiger partial charge >= 0.3 is 0 Å². The normalized spacial score (nSPS) is 14.9. The summed E-state index contributed by atoms with van der Waals surface area (Å²) in [7, 11) is 2.27. The number of aromatic nitrogens is 1. The molecule has 0 aliphatic carbocycles. The molecular formula is C29H32N2. The van der Waals surface area contributed by atoms with Gasteiger partial charge in [-0.25, -0.2) is 0 Å². The second kappa shape index (κ2) is 9.11. The van der Waals surface area contributed by atoms with Crippen LogP contribution in [0.15, 0.2) is 78.9 Å². The molecule has 0 saturated carbocycles. The van der Waals surface area contributed by atoms with Crippen molar-refractivity contribution >= 4 is 10.9 Å². The lowest BCUT2D eigenvalue weighted by atomic mass is 9.96. The molecule has 0 bridgehead atoms. The topological polar surface area (TPSA) is 8.17 Å². The quantitative estimate of drug-likeness (QED) is 0.408. The lowest BCUT2D eigenvalue weighted by Gasteiger charge is -2.21. The molecule has 0 spiro atoms. The highest BCUT2D eigenvalue weighted by Crippen LogP contribution is 2.31. The van der Waals surface area contributed by atoms with E-state index in [9.17, 15) is 0 Å². The first-order valence-corrected chi connectivity index (χ1v) is 11.7. The Balaban J connectivity index is 1.55. The summed E-state index contributed by atoms with van der Waals surface area (Å²) < 4.78 is 2.63. The Morgan fingerprint density at radius 3 is 2.32 bits per heavy atom. The van der Waals surface area contributed by atoms with Gasteiger partial charge in [0.05, 0.1) is 0 Å². The van der Waals surface area contributed by atoms with Crippen LogP contribution in [0.3, 0.4) is 0 Å². The molecule has 2 nitrogen and oxygen atoms in total. The van der Waals surface area contributed by atoms with Crippen LogP contribution in [-0.2, 0) is 32.2 Å². The van der Waals surface area contributed by atoms with Gasteiger partial charge in [-0.15, -0.1) is 0 Å². The van der Waals surface area contributed by atoms with Gasteiger partial charge < -0.3 is 9.47 Å². The number of aryl methyl sites for hydroxylation is 2. The van der Waals surface area contributed by atoms with Crippen molar-refractivity contribution in [2.45, 2.75) is 38.6 Å². The standard InChI is InChI=1S/C29H32N2/c1-30-20-17-24-13-5-6-14-25(24)22-29-27(18-21-30)26-15-7-8-16-28(26)31(29)19-9-12-23-10-3-2-4-11-23/h2-8,10-11,13-16H,9,12,17-22H2,1H3. The van der Waals surface area contributed by atoms with E-state index in [2.05, 4.69) is 95.4 Å². The van der Waals surface area contributed by atoms with Crippen LogP contribution in [0.4, 0.5) is 0 Å². The van der Waals surface area contributed by atoms with Gasteiger partial charge in [0.25, 0.3) is 0 Å². The molecule has 0 unspecified atom stereocenters. The fourth-order valence-corrected chi connectivity index (χ4v) is 5.13. The van der Waals surface area contributed by atoms with E-state index in [4.69, 9.17) is 0 Å². The first-order valence-electron chi connectivity index (χ1n) is 11.7. The third-order valence-electron chi connectivity index (χ3n) is 6.87. The van der Waals surface area contributed by atoms with E-state index in [1.165, 1.54) is 33.3 Å². The summed E-state index contributed by atoms with van der Waals surface area (Å²) in [6.07, 6.45) is 5.59. The molecule has 0 saturated heterocycles. The minimum Gasteiger partial charge on any atom is -0.344 e. The van der Waals surface area contributed by atoms with Crippen LogP contribution in [0.1, 0.15) is 34.4 Å². The van der Waals surface area contributed by atoms with E-state index in [1.54, 1.807) is 5.56 Å². The third kappa shape index (κ3) is 4.31. The molecule has 2 heterocycles. The first kappa shape index (κ1) is 20.1. The second-order valence-electron chi connectivity index (χ2n) is 8.93. The maximum atomic E-state index is 2.63. The second-order valence-corrected chi connectivity index (χ2v) is 8.93. The zero-order chi connectivity index (χ0) is 21.0. The van der Waals surface area contributed by atoms with Gasteiger partial charge in [-0.1, -0.05) is 72.8 Å². The first-order chi connectivity index (χ1) is 15.3. The van der Waals surface area contributed by atoms with Crippen molar-refractivity contribution in [1.29, 1.82) is 0 Å². The monoisotopic (exact) mass is 408 g/mol. The number of para-hydroxylation sites is 1. The van der Waals surface area contributed by atoms with Crippen LogP contribution in [0, 0.1) is 0 Å². The van der Waals surface area contributed by atoms with Crippen LogP contribution >= 0.6 is 0 Å². The fraction of sp³-hybridized carbons (Fsp3) is 0.310. The Bertz CT molecular complexity index is 1160. The number of nitrogens with zero attached hydrogens (tertiary/aromatic N) is 2. The van der Waals surface area contributed by atoms with Crippen LogP contribution < -0.4 is 0 Å². The van der Waals surface area contributed by atoms with Crippen molar-refractivity contribution in [3.63, 3.8) is 0 Å². The number of likely N-dealkylation sites (N-methyl/N-ethyl adjacent to an activating group) is 1. The molecular weight excluding hydrogens is 376 g/mol. The van der Waals surface area contributed by atoms with E-state index in [1.807, 2.05) is 0 Å². The van der Waals surface area contributed by atoms with E-state index in [-0.39, 0.29) is 0 Å².